The van der Waals surface area contributed by atoms with E-state index in [1.807, 2.05) is 11.9 Å². The first-order valence-corrected chi connectivity index (χ1v) is 5.17. The summed E-state index contributed by atoms with van der Waals surface area (Å²) in [6, 6.07) is 3.29. The Labute approximate surface area is 97.0 Å². The number of alkyl halides is 3. The highest BCUT2D eigenvalue weighted by atomic mass is 19.4. The normalized spacial score (nSPS) is 17.9. The highest BCUT2D eigenvalue weighted by molar-refractivity contribution is 5.48. The molecule has 1 aliphatic rings. The SMILES string of the molecule is CN1CC(Oc2cc(N)cc(C(F)(F)F)c2)C1. The first-order valence-electron chi connectivity index (χ1n) is 5.17. The second kappa shape index (κ2) is 4.10. The maximum atomic E-state index is 12.5. The molecule has 1 fully saturated rings. The number of rotatable bonds is 2. The molecular formula is C11H13F3N2O. The molecule has 2 N–H and O–H groups in total. The summed E-state index contributed by atoms with van der Waals surface area (Å²) in [4.78, 5) is 2.02. The van der Waals surface area contributed by atoms with Crippen molar-refractivity contribution in [2.75, 3.05) is 25.9 Å². The van der Waals surface area contributed by atoms with E-state index in [0.29, 0.717) is 0 Å². The van der Waals surface area contributed by atoms with Crippen LogP contribution in [0.3, 0.4) is 0 Å². The smallest absolute Gasteiger partial charge is 0.416 e. The largest absolute Gasteiger partial charge is 0.488 e. The monoisotopic (exact) mass is 246 g/mol. The average molecular weight is 246 g/mol. The molecule has 1 heterocycles. The molecule has 0 aromatic heterocycles. The second-order valence-electron chi connectivity index (χ2n) is 4.25. The van der Waals surface area contributed by atoms with Crippen LogP contribution < -0.4 is 10.5 Å². The van der Waals surface area contributed by atoms with Crippen LogP contribution in [0.4, 0.5) is 18.9 Å². The molecule has 2 rings (SSSR count). The summed E-state index contributed by atoms with van der Waals surface area (Å²) in [5.41, 5.74) is 4.71. The Morgan fingerprint density at radius 1 is 1.29 bits per heavy atom. The number of likely N-dealkylation sites (N-methyl/N-ethyl adjacent to an activating group) is 1. The van der Waals surface area contributed by atoms with Gasteiger partial charge >= 0.3 is 6.18 Å². The van der Waals surface area contributed by atoms with E-state index in [1.165, 1.54) is 6.07 Å². The van der Waals surface area contributed by atoms with Crippen LogP contribution in [-0.2, 0) is 6.18 Å². The minimum absolute atomic E-state index is 0.0529. The van der Waals surface area contributed by atoms with Gasteiger partial charge in [-0.25, -0.2) is 0 Å². The number of likely N-dealkylation sites (tertiary alicyclic amines) is 1. The van der Waals surface area contributed by atoms with Crippen LogP contribution in [0, 0.1) is 0 Å². The Bertz CT molecular complexity index is 414. The van der Waals surface area contributed by atoms with E-state index in [0.717, 1.165) is 25.2 Å². The molecule has 94 valence electrons. The zero-order chi connectivity index (χ0) is 12.6. The van der Waals surface area contributed by atoms with Gasteiger partial charge in [-0.1, -0.05) is 0 Å². The van der Waals surface area contributed by atoms with Gasteiger partial charge in [0.05, 0.1) is 5.56 Å². The van der Waals surface area contributed by atoms with E-state index in [9.17, 15) is 13.2 Å². The highest BCUT2D eigenvalue weighted by Crippen LogP contribution is 2.33. The third kappa shape index (κ3) is 2.82. The Morgan fingerprint density at radius 3 is 2.47 bits per heavy atom. The lowest BCUT2D eigenvalue weighted by molar-refractivity contribution is -0.137. The minimum atomic E-state index is -4.40. The third-order valence-corrected chi connectivity index (χ3v) is 2.59. The maximum Gasteiger partial charge on any atom is 0.416 e. The van der Waals surface area contributed by atoms with Crippen molar-refractivity contribution in [3.05, 3.63) is 23.8 Å². The van der Waals surface area contributed by atoms with Crippen molar-refractivity contribution < 1.29 is 17.9 Å². The first-order chi connectivity index (χ1) is 7.84. The number of hydrogen-bond donors (Lipinski definition) is 1. The molecule has 1 aliphatic heterocycles. The molecule has 0 amide bonds. The predicted molar refractivity (Wildman–Crippen MR) is 57.8 cm³/mol. The molecule has 0 bridgehead atoms. The molecule has 17 heavy (non-hydrogen) atoms. The van der Waals surface area contributed by atoms with Crippen molar-refractivity contribution in [2.45, 2.75) is 12.3 Å². The van der Waals surface area contributed by atoms with E-state index in [1.54, 1.807) is 0 Å². The van der Waals surface area contributed by atoms with Crippen LogP contribution in [0.2, 0.25) is 0 Å². The number of anilines is 1. The summed E-state index contributed by atoms with van der Waals surface area (Å²) in [7, 11) is 1.92. The van der Waals surface area contributed by atoms with Crippen molar-refractivity contribution >= 4 is 5.69 Å². The fourth-order valence-corrected chi connectivity index (χ4v) is 1.76. The molecule has 6 heteroatoms. The molecule has 0 unspecified atom stereocenters. The summed E-state index contributed by atoms with van der Waals surface area (Å²) in [6.45, 7) is 1.44. The third-order valence-electron chi connectivity index (χ3n) is 2.59. The lowest BCUT2D eigenvalue weighted by atomic mass is 10.1. The zero-order valence-corrected chi connectivity index (χ0v) is 9.29. The van der Waals surface area contributed by atoms with Crippen molar-refractivity contribution in [1.82, 2.24) is 4.90 Å². The molecule has 1 aromatic carbocycles. The lowest BCUT2D eigenvalue weighted by Gasteiger charge is -2.36. The van der Waals surface area contributed by atoms with Crippen LogP contribution in [0.1, 0.15) is 5.56 Å². The molecule has 3 nitrogen and oxygen atoms in total. The van der Waals surface area contributed by atoms with E-state index in [4.69, 9.17) is 10.5 Å². The average Bonchev–Trinajstić information content (AvgIpc) is 2.13. The summed E-state index contributed by atoms with van der Waals surface area (Å²) in [5.74, 6) is 0.176. The van der Waals surface area contributed by atoms with Crippen molar-refractivity contribution in [2.24, 2.45) is 0 Å². The van der Waals surface area contributed by atoms with Gasteiger partial charge in [0, 0.05) is 24.8 Å². The molecule has 0 aliphatic carbocycles. The minimum Gasteiger partial charge on any atom is -0.488 e. The van der Waals surface area contributed by atoms with Gasteiger partial charge in [-0.05, 0) is 19.2 Å². The van der Waals surface area contributed by atoms with E-state index in [-0.39, 0.29) is 17.5 Å². The van der Waals surface area contributed by atoms with Gasteiger partial charge in [0.2, 0.25) is 0 Å². The molecule has 0 spiro atoms. The van der Waals surface area contributed by atoms with Gasteiger partial charge in [0.25, 0.3) is 0 Å². The standard InChI is InChI=1S/C11H13F3N2O/c1-16-5-10(6-16)17-9-3-7(11(12,13)14)2-8(15)4-9/h2-4,10H,5-6,15H2,1H3. The summed E-state index contributed by atoms with van der Waals surface area (Å²) in [6.07, 6.45) is -4.45. The lowest BCUT2D eigenvalue weighted by Crippen LogP contribution is -2.51. The number of ether oxygens (including phenoxy) is 1. The molecule has 0 saturated carbocycles. The molecule has 0 atom stereocenters. The number of nitrogen functional groups attached to an aromatic ring is 1. The van der Waals surface area contributed by atoms with Gasteiger partial charge in [0.1, 0.15) is 11.9 Å². The second-order valence-corrected chi connectivity index (χ2v) is 4.25. The topological polar surface area (TPSA) is 38.5 Å². The fraction of sp³-hybridized carbons (Fsp3) is 0.455. The summed E-state index contributed by atoms with van der Waals surface area (Å²) < 4.78 is 43.0. The van der Waals surface area contributed by atoms with Gasteiger partial charge in [-0.15, -0.1) is 0 Å². The van der Waals surface area contributed by atoms with Crippen LogP contribution in [0.25, 0.3) is 0 Å². The number of nitrogens with zero attached hydrogens (tertiary/aromatic N) is 1. The van der Waals surface area contributed by atoms with Crippen LogP contribution in [-0.4, -0.2) is 31.1 Å². The number of benzene rings is 1. The van der Waals surface area contributed by atoms with Gasteiger partial charge in [-0.2, -0.15) is 13.2 Å². The Hall–Kier alpha value is -1.43. The summed E-state index contributed by atoms with van der Waals surface area (Å²) in [5, 5.41) is 0. The maximum absolute atomic E-state index is 12.5. The van der Waals surface area contributed by atoms with Crippen molar-refractivity contribution in [1.29, 1.82) is 0 Å². The highest BCUT2D eigenvalue weighted by Gasteiger charge is 2.32. The summed E-state index contributed by atoms with van der Waals surface area (Å²) >= 11 is 0. The number of halogens is 3. The predicted octanol–water partition coefficient (Wildman–Crippen LogP) is 1.98. The van der Waals surface area contributed by atoms with Crippen LogP contribution in [0.15, 0.2) is 18.2 Å². The Balaban J connectivity index is 2.14. The van der Waals surface area contributed by atoms with E-state index < -0.39 is 11.7 Å². The van der Waals surface area contributed by atoms with Gasteiger partial charge < -0.3 is 10.5 Å². The molecular weight excluding hydrogens is 233 g/mol. The van der Waals surface area contributed by atoms with Crippen molar-refractivity contribution in [3.8, 4) is 5.75 Å². The van der Waals surface area contributed by atoms with Gasteiger partial charge in [0.15, 0.2) is 0 Å². The van der Waals surface area contributed by atoms with E-state index >= 15 is 0 Å². The van der Waals surface area contributed by atoms with Gasteiger partial charge in [-0.3, -0.25) is 4.90 Å². The van der Waals surface area contributed by atoms with Crippen LogP contribution >= 0.6 is 0 Å². The molecule has 1 aromatic rings. The van der Waals surface area contributed by atoms with Crippen molar-refractivity contribution in [3.63, 3.8) is 0 Å². The quantitative estimate of drug-likeness (QED) is 0.811. The first kappa shape index (κ1) is 12.0. The molecule has 0 radical (unpaired) electrons. The Morgan fingerprint density at radius 2 is 1.94 bits per heavy atom. The number of nitrogens with two attached hydrogens (primary N) is 1. The van der Waals surface area contributed by atoms with Crippen LogP contribution in [0.5, 0.6) is 5.75 Å². The fourth-order valence-electron chi connectivity index (χ4n) is 1.76. The van der Waals surface area contributed by atoms with E-state index in [2.05, 4.69) is 0 Å². The molecule has 1 saturated heterocycles. The number of hydrogen-bond acceptors (Lipinski definition) is 3. The Kier molecular flexibility index (Phi) is 2.91. The zero-order valence-electron chi connectivity index (χ0n) is 9.29.